The fourth-order valence-electron chi connectivity index (χ4n) is 1.61. The van der Waals surface area contributed by atoms with Gasteiger partial charge in [0.05, 0.1) is 15.5 Å². The quantitative estimate of drug-likeness (QED) is 0.790. The van der Waals surface area contributed by atoms with E-state index in [1.807, 2.05) is 23.1 Å². The molecular formula is C12H13BrIN3. The van der Waals surface area contributed by atoms with Crippen LogP contribution in [0.4, 0.5) is 0 Å². The van der Waals surface area contributed by atoms with Gasteiger partial charge in [0.15, 0.2) is 0 Å². The van der Waals surface area contributed by atoms with Crippen molar-refractivity contribution in [3.05, 3.63) is 44.2 Å². The van der Waals surface area contributed by atoms with Crippen LogP contribution in [0.2, 0.25) is 0 Å². The molecule has 1 heterocycles. The lowest BCUT2D eigenvalue weighted by molar-refractivity contribution is 0.716. The first kappa shape index (κ1) is 13.0. The Kier molecular flexibility index (Phi) is 4.58. The summed E-state index contributed by atoms with van der Waals surface area (Å²) in [4.78, 5) is 0. The predicted octanol–water partition coefficient (Wildman–Crippen LogP) is 3.35. The average Bonchev–Trinajstić information content (AvgIpc) is 2.73. The smallest absolute Gasteiger partial charge is 0.0691 e. The summed E-state index contributed by atoms with van der Waals surface area (Å²) in [6, 6.07) is 6.26. The molecule has 0 saturated carbocycles. The van der Waals surface area contributed by atoms with Gasteiger partial charge in [-0.3, -0.25) is 0 Å². The lowest BCUT2D eigenvalue weighted by Gasteiger charge is -2.10. The van der Waals surface area contributed by atoms with E-state index in [0.717, 1.165) is 26.8 Å². The fourth-order valence-corrected chi connectivity index (χ4v) is 2.41. The van der Waals surface area contributed by atoms with Gasteiger partial charge in [0.2, 0.25) is 0 Å². The standard InChI is InChI=1S/C12H13BrIN3/c1-2-15-6-9-5-10(13)3-4-12(9)17-8-11(14)7-16-17/h3-5,7-8,15H,2,6H2,1H3. The highest BCUT2D eigenvalue weighted by atomic mass is 127. The molecule has 5 heteroatoms. The monoisotopic (exact) mass is 405 g/mol. The highest BCUT2D eigenvalue weighted by Crippen LogP contribution is 2.20. The van der Waals surface area contributed by atoms with Crippen LogP contribution in [0.25, 0.3) is 5.69 Å². The lowest BCUT2D eigenvalue weighted by Crippen LogP contribution is -2.14. The van der Waals surface area contributed by atoms with E-state index in [1.165, 1.54) is 5.56 Å². The molecule has 0 amide bonds. The molecule has 0 atom stereocenters. The second kappa shape index (κ2) is 5.97. The van der Waals surface area contributed by atoms with Crippen LogP contribution in [0.1, 0.15) is 12.5 Å². The van der Waals surface area contributed by atoms with E-state index >= 15 is 0 Å². The van der Waals surface area contributed by atoms with Gasteiger partial charge in [-0.25, -0.2) is 4.68 Å². The molecule has 0 aliphatic heterocycles. The number of nitrogens with zero attached hydrogens (tertiary/aromatic N) is 2. The lowest BCUT2D eigenvalue weighted by atomic mass is 10.2. The SMILES string of the molecule is CCNCc1cc(Br)ccc1-n1cc(I)cn1. The number of halogens is 2. The number of benzene rings is 1. The number of hydrogen-bond donors (Lipinski definition) is 1. The van der Waals surface area contributed by atoms with Crippen LogP contribution in [0.5, 0.6) is 0 Å². The van der Waals surface area contributed by atoms with Gasteiger partial charge in [0, 0.05) is 17.2 Å². The highest BCUT2D eigenvalue weighted by molar-refractivity contribution is 14.1. The number of hydrogen-bond acceptors (Lipinski definition) is 2. The molecule has 0 aliphatic rings. The number of nitrogens with one attached hydrogen (secondary N) is 1. The molecule has 0 aliphatic carbocycles. The Bertz CT molecular complexity index is 510. The highest BCUT2D eigenvalue weighted by Gasteiger charge is 2.06. The van der Waals surface area contributed by atoms with Gasteiger partial charge in [-0.15, -0.1) is 0 Å². The van der Waals surface area contributed by atoms with Crippen LogP contribution in [0.15, 0.2) is 35.1 Å². The zero-order valence-corrected chi connectivity index (χ0v) is 13.2. The third-order valence-corrected chi connectivity index (χ3v) is 3.46. The summed E-state index contributed by atoms with van der Waals surface area (Å²) in [6.45, 7) is 3.92. The molecule has 0 spiro atoms. The fraction of sp³-hybridized carbons (Fsp3) is 0.250. The van der Waals surface area contributed by atoms with Gasteiger partial charge in [-0.05, 0) is 52.9 Å². The zero-order chi connectivity index (χ0) is 12.3. The first-order valence-electron chi connectivity index (χ1n) is 5.40. The predicted molar refractivity (Wildman–Crippen MR) is 81.4 cm³/mol. The normalized spacial score (nSPS) is 10.8. The topological polar surface area (TPSA) is 29.9 Å². The molecule has 2 aromatic rings. The zero-order valence-electron chi connectivity index (χ0n) is 9.45. The van der Waals surface area contributed by atoms with Gasteiger partial charge < -0.3 is 5.32 Å². The minimum atomic E-state index is 0.849. The van der Waals surface area contributed by atoms with Crippen molar-refractivity contribution in [1.29, 1.82) is 0 Å². The van der Waals surface area contributed by atoms with Crippen LogP contribution in [0.3, 0.4) is 0 Å². The molecule has 0 fully saturated rings. The van der Waals surface area contributed by atoms with Crippen molar-refractivity contribution in [1.82, 2.24) is 15.1 Å². The minimum Gasteiger partial charge on any atom is -0.313 e. The summed E-state index contributed by atoms with van der Waals surface area (Å²) in [5.41, 5.74) is 2.36. The summed E-state index contributed by atoms with van der Waals surface area (Å²) in [5, 5.41) is 7.70. The van der Waals surface area contributed by atoms with Crippen molar-refractivity contribution in [2.45, 2.75) is 13.5 Å². The molecule has 0 radical (unpaired) electrons. The van der Waals surface area contributed by atoms with Crippen LogP contribution < -0.4 is 5.32 Å². The van der Waals surface area contributed by atoms with E-state index in [0.29, 0.717) is 0 Å². The van der Waals surface area contributed by atoms with Crippen molar-refractivity contribution >= 4 is 38.5 Å². The third-order valence-electron chi connectivity index (χ3n) is 2.40. The molecule has 1 aromatic carbocycles. The van der Waals surface area contributed by atoms with Crippen molar-refractivity contribution in [3.8, 4) is 5.69 Å². The second-order valence-electron chi connectivity index (χ2n) is 3.66. The maximum atomic E-state index is 4.35. The molecule has 0 saturated heterocycles. The first-order chi connectivity index (χ1) is 8.20. The maximum Gasteiger partial charge on any atom is 0.0691 e. The molecule has 0 bridgehead atoms. The molecule has 17 heavy (non-hydrogen) atoms. The summed E-state index contributed by atoms with van der Waals surface area (Å²) < 4.78 is 4.15. The molecule has 3 nitrogen and oxygen atoms in total. The Balaban J connectivity index is 2.38. The molecule has 90 valence electrons. The van der Waals surface area contributed by atoms with Crippen LogP contribution in [-0.4, -0.2) is 16.3 Å². The van der Waals surface area contributed by atoms with Gasteiger partial charge in [-0.2, -0.15) is 5.10 Å². The molecule has 2 rings (SSSR count). The van der Waals surface area contributed by atoms with Crippen LogP contribution in [-0.2, 0) is 6.54 Å². The Hall–Kier alpha value is -0.400. The van der Waals surface area contributed by atoms with Crippen molar-refractivity contribution < 1.29 is 0 Å². The number of rotatable bonds is 4. The van der Waals surface area contributed by atoms with Crippen molar-refractivity contribution in [3.63, 3.8) is 0 Å². The van der Waals surface area contributed by atoms with Crippen LogP contribution >= 0.6 is 38.5 Å². The molecule has 0 unspecified atom stereocenters. The summed E-state index contributed by atoms with van der Waals surface area (Å²) in [6.07, 6.45) is 3.89. The Morgan fingerprint density at radius 3 is 2.94 bits per heavy atom. The largest absolute Gasteiger partial charge is 0.313 e. The summed E-state index contributed by atoms with van der Waals surface area (Å²) in [5.74, 6) is 0. The van der Waals surface area contributed by atoms with E-state index in [-0.39, 0.29) is 0 Å². The van der Waals surface area contributed by atoms with Gasteiger partial charge in [-0.1, -0.05) is 22.9 Å². The Morgan fingerprint density at radius 2 is 2.29 bits per heavy atom. The summed E-state index contributed by atoms with van der Waals surface area (Å²) >= 11 is 5.77. The Morgan fingerprint density at radius 1 is 1.47 bits per heavy atom. The van der Waals surface area contributed by atoms with E-state index in [2.05, 4.69) is 68.0 Å². The van der Waals surface area contributed by atoms with Crippen LogP contribution in [0, 0.1) is 3.57 Å². The number of aromatic nitrogens is 2. The van der Waals surface area contributed by atoms with Crippen molar-refractivity contribution in [2.24, 2.45) is 0 Å². The van der Waals surface area contributed by atoms with E-state index in [4.69, 9.17) is 0 Å². The second-order valence-corrected chi connectivity index (χ2v) is 5.82. The third kappa shape index (κ3) is 3.29. The minimum absolute atomic E-state index is 0.849. The summed E-state index contributed by atoms with van der Waals surface area (Å²) in [7, 11) is 0. The van der Waals surface area contributed by atoms with E-state index < -0.39 is 0 Å². The van der Waals surface area contributed by atoms with Gasteiger partial charge >= 0.3 is 0 Å². The van der Waals surface area contributed by atoms with E-state index in [1.54, 1.807) is 0 Å². The average molecular weight is 406 g/mol. The molecule has 1 N–H and O–H groups in total. The maximum absolute atomic E-state index is 4.35. The molecule has 1 aromatic heterocycles. The van der Waals surface area contributed by atoms with Crippen molar-refractivity contribution in [2.75, 3.05) is 6.54 Å². The molecular weight excluding hydrogens is 393 g/mol. The first-order valence-corrected chi connectivity index (χ1v) is 7.27. The van der Waals surface area contributed by atoms with E-state index in [9.17, 15) is 0 Å². The Labute approximate surface area is 123 Å². The van der Waals surface area contributed by atoms with Gasteiger partial charge in [0.1, 0.15) is 0 Å². The van der Waals surface area contributed by atoms with Gasteiger partial charge in [0.25, 0.3) is 0 Å².